The molecule has 0 spiro atoms. The highest BCUT2D eigenvalue weighted by Crippen LogP contribution is 2.22. The molecule has 0 aromatic heterocycles. The highest BCUT2D eigenvalue weighted by molar-refractivity contribution is 5.97. The molecule has 1 N–H and O–H groups in total. The molecule has 0 bridgehead atoms. The first-order valence-electron chi connectivity index (χ1n) is 6.32. The summed E-state index contributed by atoms with van der Waals surface area (Å²) in [5, 5.41) is 9.12. The van der Waals surface area contributed by atoms with Gasteiger partial charge in [-0.05, 0) is 19.1 Å². The van der Waals surface area contributed by atoms with E-state index in [0.29, 0.717) is 31.0 Å². The highest BCUT2D eigenvalue weighted by atomic mass is 16.5. The van der Waals surface area contributed by atoms with Gasteiger partial charge in [0.1, 0.15) is 5.75 Å². The summed E-state index contributed by atoms with van der Waals surface area (Å²) in [7, 11) is 1.55. The Balaban J connectivity index is 2.21. The third kappa shape index (κ3) is 3.05. The number of carbonyl (C=O) groups is 1. The summed E-state index contributed by atoms with van der Waals surface area (Å²) in [4.78, 5) is 14.2. The number of amides is 1. The van der Waals surface area contributed by atoms with E-state index in [0.717, 1.165) is 5.56 Å². The number of hydrogen-bond donors (Lipinski definition) is 1. The smallest absolute Gasteiger partial charge is 0.257 e. The van der Waals surface area contributed by atoms with E-state index < -0.39 is 0 Å². The van der Waals surface area contributed by atoms with E-state index in [4.69, 9.17) is 14.6 Å². The van der Waals surface area contributed by atoms with Crippen molar-refractivity contribution in [1.82, 2.24) is 4.90 Å². The summed E-state index contributed by atoms with van der Waals surface area (Å²) < 4.78 is 10.6. The molecule has 5 nitrogen and oxygen atoms in total. The fraction of sp³-hybridized carbons (Fsp3) is 0.500. The van der Waals surface area contributed by atoms with E-state index in [1.807, 2.05) is 19.1 Å². The van der Waals surface area contributed by atoms with Crippen molar-refractivity contribution in [1.29, 1.82) is 0 Å². The van der Waals surface area contributed by atoms with Crippen LogP contribution in [0.2, 0.25) is 0 Å². The number of nitrogens with zero attached hydrogens (tertiary/aromatic N) is 1. The number of hydrogen-bond acceptors (Lipinski definition) is 4. The zero-order valence-electron chi connectivity index (χ0n) is 11.3. The van der Waals surface area contributed by atoms with Gasteiger partial charge in [0.2, 0.25) is 0 Å². The van der Waals surface area contributed by atoms with Crippen LogP contribution >= 0.6 is 0 Å². The Morgan fingerprint density at radius 3 is 3.05 bits per heavy atom. The zero-order chi connectivity index (χ0) is 13.8. The molecule has 19 heavy (non-hydrogen) atoms. The number of methoxy groups -OCH3 is 1. The van der Waals surface area contributed by atoms with E-state index in [1.165, 1.54) is 0 Å². The Bertz CT molecular complexity index is 461. The van der Waals surface area contributed by atoms with E-state index >= 15 is 0 Å². The standard InChI is InChI=1S/C14H19NO4/c1-10-3-4-13(18-2)12(7-10)14(17)15-5-6-19-11(8-15)9-16/h3-4,7,11,16H,5-6,8-9H2,1-2H3. The first-order chi connectivity index (χ1) is 9.15. The van der Waals surface area contributed by atoms with Gasteiger partial charge >= 0.3 is 0 Å². The van der Waals surface area contributed by atoms with Crippen LogP contribution in [0.1, 0.15) is 15.9 Å². The summed E-state index contributed by atoms with van der Waals surface area (Å²) >= 11 is 0. The molecule has 104 valence electrons. The Labute approximate surface area is 112 Å². The molecule has 1 saturated heterocycles. The normalized spacial score (nSPS) is 19.3. The van der Waals surface area contributed by atoms with Gasteiger partial charge in [-0.25, -0.2) is 0 Å². The monoisotopic (exact) mass is 265 g/mol. The molecule has 1 aromatic rings. The lowest BCUT2D eigenvalue weighted by molar-refractivity contribution is -0.0447. The maximum atomic E-state index is 12.5. The Kier molecular flexibility index (Phi) is 4.39. The van der Waals surface area contributed by atoms with Crippen LogP contribution in [0.3, 0.4) is 0 Å². The molecule has 1 atom stereocenters. The van der Waals surface area contributed by atoms with Crippen LogP contribution in [-0.2, 0) is 4.74 Å². The first-order valence-corrected chi connectivity index (χ1v) is 6.32. The second-order valence-corrected chi connectivity index (χ2v) is 4.63. The second kappa shape index (κ2) is 6.04. The number of benzene rings is 1. The minimum absolute atomic E-state index is 0.0747. The maximum absolute atomic E-state index is 12.5. The van der Waals surface area contributed by atoms with E-state index in [-0.39, 0.29) is 18.6 Å². The third-order valence-electron chi connectivity index (χ3n) is 3.22. The quantitative estimate of drug-likeness (QED) is 0.879. The van der Waals surface area contributed by atoms with Crippen LogP contribution in [0.5, 0.6) is 5.75 Å². The first kappa shape index (κ1) is 13.8. The highest BCUT2D eigenvalue weighted by Gasteiger charge is 2.26. The lowest BCUT2D eigenvalue weighted by Crippen LogP contribution is -2.47. The topological polar surface area (TPSA) is 59.0 Å². The van der Waals surface area contributed by atoms with Gasteiger partial charge in [-0.3, -0.25) is 4.79 Å². The number of aryl methyl sites for hydroxylation is 1. The van der Waals surface area contributed by atoms with Gasteiger partial charge in [-0.1, -0.05) is 11.6 Å². The van der Waals surface area contributed by atoms with Crippen molar-refractivity contribution >= 4 is 5.91 Å². The number of ether oxygens (including phenoxy) is 2. The van der Waals surface area contributed by atoms with Crippen molar-refractivity contribution in [3.8, 4) is 5.75 Å². The van der Waals surface area contributed by atoms with Crippen LogP contribution in [-0.4, -0.2) is 55.4 Å². The van der Waals surface area contributed by atoms with Crippen LogP contribution in [0.15, 0.2) is 18.2 Å². The van der Waals surface area contributed by atoms with Crippen LogP contribution in [0.4, 0.5) is 0 Å². The van der Waals surface area contributed by atoms with Crippen LogP contribution in [0, 0.1) is 6.92 Å². The van der Waals surface area contributed by atoms with Gasteiger partial charge in [-0.15, -0.1) is 0 Å². The Morgan fingerprint density at radius 1 is 1.58 bits per heavy atom. The SMILES string of the molecule is COc1ccc(C)cc1C(=O)N1CCOC(CO)C1. The fourth-order valence-electron chi connectivity index (χ4n) is 2.17. The fourth-order valence-corrected chi connectivity index (χ4v) is 2.17. The molecule has 1 amide bonds. The lowest BCUT2D eigenvalue weighted by atomic mass is 10.1. The molecular formula is C14H19NO4. The Hall–Kier alpha value is -1.59. The molecule has 0 aliphatic carbocycles. The summed E-state index contributed by atoms with van der Waals surface area (Å²) in [5.74, 6) is 0.491. The predicted molar refractivity (Wildman–Crippen MR) is 70.5 cm³/mol. The molecule has 1 aliphatic heterocycles. The van der Waals surface area contributed by atoms with Crippen molar-refractivity contribution in [3.05, 3.63) is 29.3 Å². The summed E-state index contributed by atoms with van der Waals surface area (Å²) in [6, 6.07) is 5.53. The van der Waals surface area contributed by atoms with Crippen molar-refractivity contribution in [2.45, 2.75) is 13.0 Å². The van der Waals surface area contributed by atoms with Gasteiger partial charge in [0, 0.05) is 13.1 Å². The van der Waals surface area contributed by atoms with E-state index in [2.05, 4.69) is 0 Å². The average molecular weight is 265 g/mol. The predicted octanol–water partition coefficient (Wildman–Crippen LogP) is 0.837. The molecule has 1 aliphatic rings. The van der Waals surface area contributed by atoms with Crippen molar-refractivity contribution in [3.63, 3.8) is 0 Å². The van der Waals surface area contributed by atoms with Gasteiger partial charge < -0.3 is 19.5 Å². The van der Waals surface area contributed by atoms with E-state index in [1.54, 1.807) is 18.1 Å². The molecule has 2 rings (SSSR count). The summed E-state index contributed by atoms with van der Waals surface area (Å²) in [6.45, 7) is 3.25. The average Bonchev–Trinajstić information content (AvgIpc) is 2.46. The maximum Gasteiger partial charge on any atom is 0.257 e. The third-order valence-corrected chi connectivity index (χ3v) is 3.22. The molecule has 5 heteroatoms. The van der Waals surface area contributed by atoms with Gasteiger partial charge in [0.05, 0.1) is 32.0 Å². The zero-order valence-corrected chi connectivity index (χ0v) is 11.3. The van der Waals surface area contributed by atoms with Crippen molar-refractivity contribution in [2.24, 2.45) is 0 Å². The molecule has 1 fully saturated rings. The number of aliphatic hydroxyl groups excluding tert-OH is 1. The molecular weight excluding hydrogens is 246 g/mol. The molecule has 1 aromatic carbocycles. The number of rotatable bonds is 3. The van der Waals surface area contributed by atoms with Crippen LogP contribution in [0.25, 0.3) is 0 Å². The second-order valence-electron chi connectivity index (χ2n) is 4.63. The van der Waals surface area contributed by atoms with Gasteiger partial charge in [0.15, 0.2) is 0 Å². The molecule has 1 heterocycles. The Morgan fingerprint density at radius 2 is 2.37 bits per heavy atom. The van der Waals surface area contributed by atoms with Gasteiger partial charge in [0.25, 0.3) is 5.91 Å². The summed E-state index contributed by atoms with van der Waals surface area (Å²) in [6.07, 6.45) is -0.298. The lowest BCUT2D eigenvalue weighted by Gasteiger charge is -2.32. The van der Waals surface area contributed by atoms with Crippen LogP contribution < -0.4 is 4.74 Å². The van der Waals surface area contributed by atoms with Gasteiger partial charge in [-0.2, -0.15) is 0 Å². The largest absolute Gasteiger partial charge is 0.496 e. The number of aliphatic hydroxyl groups is 1. The number of morpholine rings is 1. The number of carbonyl (C=O) groups excluding carboxylic acids is 1. The molecule has 0 radical (unpaired) electrons. The molecule has 1 unspecified atom stereocenters. The van der Waals surface area contributed by atoms with Crippen molar-refractivity contribution < 1.29 is 19.4 Å². The van der Waals surface area contributed by atoms with E-state index in [9.17, 15) is 4.79 Å². The summed E-state index contributed by atoms with van der Waals surface area (Å²) in [5.41, 5.74) is 1.57. The minimum atomic E-state index is -0.298. The minimum Gasteiger partial charge on any atom is -0.496 e. The molecule has 0 saturated carbocycles. The van der Waals surface area contributed by atoms with Crippen molar-refractivity contribution in [2.75, 3.05) is 33.4 Å².